The molecule has 0 spiro atoms. The first-order valence-corrected chi connectivity index (χ1v) is 10.5. The van der Waals surface area contributed by atoms with Gasteiger partial charge in [-0.3, -0.25) is 0 Å². The van der Waals surface area contributed by atoms with Crippen LogP contribution in [0.15, 0.2) is 23.2 Å². The van der Waals surface area contributed by atoms with Gasteiger partial charge in [-0.1, -0.05) is 6.07 Å². The highest BCUT2D eigenvalue weighted by molar-refractivity contribution is 14.0. The summed E-state index contributed by atoms with van der Waals surface area (Å²) in [6.45, 7) is 6.76. The number of guanidine groups is 1. The van der Waals surface area contributed by atoms with Crippen LogP contribution < -0.4 is 15.4 Å². The van der Waals surface area contributed by atoms with E-state index in [1.54, 1.807) is 6.07 Å². The number of benzene rings is 1. The van der Waals surface area contributed by atoms with Gasteiger partial charge in [0.1, 0.15) is 12.4 Å². The number of aliphatic imine (C=N–C) groups is 1. The molecule has 2 heterocycles. The summed E-state index contributed by atoms with van der Waals surface area (Å²) in [6.07, 6.45) is 4.47. The molecule has 0 amide bonds. The van der Waals surface area contributed by atoms with E-state index in [1.165, 1.54) is 18.9 Å². The van der Waals surface area contributed by atoms with Crippen LogP contribution in [0, 0.1) is 11.7 Å². The molecule has 2 N–H and O–H groups in total. The molecule has 0 bridgehead atoms. The lowest BCUT2D eigenvalue weighted by Crippen LogP contribution is -2.38. The molecule has 30 heavy (non-hydrogen) atoms. The van der Waals surface area contributed by atoms with Crippen molar-refractivity contribution in [1.29, 1.82) is 0 Å². The molecule has 164 valence electrons. The molecular formula is C21H30FIN6O. The number of nitrogens with one attached hydrogen (secondary N) is 2. The molecule has 2 aliphatic rings. The molecule has 1 saturated carbocycles. The van der Waals surface area contributed by atoms with E-state index in [1.807, 2.05) is 19.9 Å². The van der Waals surface area contributed by atoms with Gasteiger partial charge in [0, 0.05) is 19.5 Å². The van der Waals surface area contributed by atoms with Gasteiger partial charge in [0.2, 0.25) is 0 Å². The zero-order chi connectivity index (χ0) is 20.2. The number of fused-ring (bicyclic) bond motifs is 1. The van der Waals surface area contributed by atoms with Gasteiger partial charge < -0.3 is 19.9 Å². The molecular weight excluding hydrogens is 498 g/mol. The van der Waals surface area contributed by atoms with E-state index in [4.69, 9.17) is 4.74 Å². The fraction of sp³-hybridized carbons (Fsp3) is 0.571. The molecule has 2 aromatic rings. The second-order valence-corrected chi connectivity index (χ2v) is 7.79. The summed E-state index contributed by atoms with van der Waals surface area (Å²) in [6, 6.07) is 5.05. The summed E-state index contributed by atoms with van der Waals surface area (Å²) >= 11 is 0. The maximum atomic E-state index is 14.4. The van der Waals surface area contributed by atoms with Crippen molar-refractivity contribution in [3.8, 4) is 5.75 Å². The van der Waals surface area contributed by atoms with Crippen LogP contribution in [-0.2, 0) is 19.5 Å². The van der Waals surface area contributed by atoms with E-state index in [0.29, 0.717) is 30.8 Å². The maximum Gasteiger partial charge on any atom is 0.192 e. The minimum Gasteiger partial charge on any atom is -0.490 e. The lowest BCUT2D eigenvalue weighted by Gasteiger charge is -2.19. The number of rotatable bonds is 8. The summed E-state index contributed by atoms with van der Waals surface area (Å²) in [4.78, 5) is 4.65. The van der Waals surface area contributed by atoms with E-state index in [-0.39, 0.29) is 35.8 Å². The average molecular weight is 528 g/mol. The molecule has 1 aromatic carbocycles. The fourth-order valence-electron chi connectivity index (χ4n) is 3.48. The molecule has 0 saturated heterocycles. The van der Waals surface area contributed by atoms with Crippen molar-refractivity contribution >= 4 is 29.9 Å². The topological polar surface area (TPSA) is 76.4 Å². The number of hydrogen-bond acceptors (Lipinski definition) is 4. The Bertz CT molecular complexity index is 882. The molecule has 1 unspecified atom stereocenters. The van der Waals surface area contributed by atoms with Gasteiger partial charge >= 0.3 is 0 Å². The van der Waals surface area contributed by atoms with Crippen LogP contribution in [0.2, 0.25) is 0 Å². The quantitative estimate of drug-likeness (QED) is 0.311. The molecule has 4 rings (SSSR count). The Morgan fingerprint density at radius 2 is 2.20 bits per heavy atom. The summed E-state index contributed by atoms with van der Waals surface area (Å²) < 4.78 is 22.1. The second-order valence-electron chi connectivity index (χ2n) is 7.79. The van der Waals surface area contributed by atoms with Crippen molar-refractivity contribution in [3.05, 3.63) is 41.2 Å². The highest BCUT2D eigenvalue weighted by Gasteiger charge is 2.22. The van der Waals surface area contributed by atoms with Crippen LogP contribution in [0.3, 0.4) is 0 Å². The van der Waals surface area contributed by atoms with E-state index in [0.717, 1.165) is 43.1 Å². The maximum absolute atomic E-state index is 14.4. The Morgan fingerprint density at radius 3 is 2.93 bits per heavy atom. The Labute approximate surface area is 193 Å². The van der Waals surface area contributed by atoms with Crippen molar-refractivity contribution in [1.82, 2.24) is 25.4 Å². The number of aromatic nitrogens is 3. The zero-order valence-corrected chi connectivity index (χ0v) is 19.9. The summed E-state index contributed by atoms with van der Waals surface area (Å²) in [5.41, 5.74) is 0.843. The molecule has 7 nitrogen and oxygen atoms in total. The van der Waals surface area contributed by atoms with Crippen LogP contribution in [-0.4, -0.2) is 33.9 Å². The highest BCUT2D eigenvalue weighted by atomic mass is 127. The van der Waals surface area contributed by atoms with E-state index < -0.39 is 0 Å². The van der Waals surface area contributed by atoms with Crippen LogP contribution in [0.25, 0.3) is 0 Å². The van der Waals surface area contributed by atoms with Gasteiger partial charge in [0.25, 0.3) is 0 Å². The third-order valence-electron chi connectivity index (χ3n) is 5.39. The fourth-order valence-corrected chi connectivity index (χ4v) is 3.48. The van der Waals surface area contributed by atoms with Crippen molar-refractivity contribution < 1.29 is 9.13 Å². The normalized spacial score (nSPS) is 16.6. The zero-order valence-electron chi connectivity index (χ0n) is 17.5. The second kappa shape index (κ2) is 10.4. The SMILES string of the molecule is CCNC(=NCc1nnc2n1CCC2)NC(C)c1ccc(OCC2CC2)c(F)c1.I. The van der Waals surface area contributed by atoms with E-state index in [9.17, 15) is 4.39 Å². The van der Waals surface area contributed by atoms with Crippen molar-refractivity contribution in [3.63, 3.8) is 0 Å². The summed E-state index contributed by atoms with van der Waals surface area (Å²) in [5.74, 6) is 3.20. The largest absolute Gasteiger partial charge is 0.490 e. The van der Waals surface area contributed by atoms with Gasteiger partial charge in [-0.25, -0.2) is 9.38 Å². The Hall–Kier alpha value is -1.91. The monoisotopic (exact) mass is 528 g/mol. The number of ether oxygens (including phenoxy) is 1. The van der Waals surface area contributed by atoms with Crippen molar-refractivity contribution in [2.24, 2.45) is 10.9 Å². The number of nitrogens with zero attached hydrogens (tertiary/aromatic N) is 4. The molecule has 1 fully saturated rings. The van der Waals surface area contributed by atoms with Gasteiger partial charge in [0.15, 0.2) is 23.4 Å². The number of halogens is 2. The van der Waals surface area contributed by atoms with Crippen LogP contribution >= 0.6 is 24.0 Å². The van der Waals surface area contributed by atoms with E-state index >= 15 is 0 Å². The lowest BCUT2D eigenvalue weighted by molar-refractivity contribution is 0.285. The first kappa shape index (κ1) is 22.8. The van der Waals surface area contributed by atoms with Crippen LogP contribution in [0.1, 0.15) is 56.4 Å². The summed E-state index contributed by atoms with van der Waals surface area (Å²) in [7, 11) is 0. The van der Waals surface area contributed by atoms with Gasteiger partial charge in [-0.15, -0.1) is 34.2 Å². The molecule has 1 aliphatic carbocycles. The smallest absolute Gasteiger partial charge is 0.192 e. The minimum absolute atomic E-state index is 0. The number of aryl methyl sites for hydroxylation is 1. The Balaban J connectivity index is 0.00000256. The number of hydrogen-bond donors (Lipinski definition) is 2. The van der Waals surface area contributed by atoms with Crippen LogP contribution in [0.5, 0.6) is 5.75 Å². The third-order valence-corrected chi connectivity index (χ3v) is 5.39. The van der Waals surface area contributed by atoms with Crippen molar-refractivity contribution in [2.45, 2.75) is 58.7 Å². The Morgan fingerprint density at radius 1 is 1.37 bits per heavy atom. The predicted octanol–water partition coefficient (Wildman–Crippen LogP) is 3.59. The molecule has 1 aromatic heterocycles. The van der Waals surface area contributed by atoms with Gasteiger partial charge in [-0.05, 0) is 56.7 Å². The Kier molecular flexibility index (Phi) is 7.90. The predicted molar refractivity (Wildman–Crippen MR) is 125 cm³/mol. The molecule has 9 heteroatoms. The average Bonchev–Trinajstić information content (AvgIpc) is 3.28. The first-order valence-electron chi connectivity index (χ1n) is 10.5. The third kappa shape index (κ3) is 5.61. The van der Waals surface area contributed by atoms with Crippen molar-refractivity contribution in [2.75, 3.05) is 13.2 Å². The lowest BCUT2D eigenvalue weighted by atomic mass is 10.1. The molecule has 0 radical (unpaired) electrons. The van der Waals surface area contributed by atoms with E-state index in [2.05, 4.69) is 30.4 Å². The standard InChI is InChI=1S/C21H29FN6O.HI/c1-3-23-21(24-12-20-27-26-19-5-4-10-28(19)20)25-14(2)16-8-9-18(17(22)11-16)29-13-15-6-7-15;/h8-9,11,14-15H,3-7,10,12-13H2,1-2H3,(H2,23,24,25);1H. The van der Waals surface area contributed by atoms with Crippen LogP contribution in [0.4, 0.5) is 4.39 Å². The van der Waals surface area contributed by atoms with Gasteiger partial charge in [-0.2, -0.15) is 0 Å². The minimum atomic E-state index is -0.322. The molecule has 1 atom stereocenters. The van der Waals surface area contributed by atoms with Gasteiger partial charge in [0.05, 0.1) is 12.6 Å². The first-order chi connectivity index (χ1) is 14.1. The summed E-state index contributed by atoms with van der Waals surface area (Å²) in [5, 5.41) is 15.1. The molecule has 1 aliphatic heterocycles. The highest BCUT2D eigenvalue weighted by Crippen LogP contribution is 2.30.